The summed E-state index contributed by atoms with van der Waals surface area (Å²) >= 11 is 0. The first kappa shape index (κ1) is 12.5. The lowest BCUT2D eigenvalue weighted by Gasteiger charge is -2.06. The van der Waals surface area contributed by atoms with E-state index in [0.717, 1.165) is 22.6 Å². The molecule has 0 atom stereocenters. The zero-order chi connectivity index (χ0) is 14.3. The largest absolute Gasteiger partial charge is 0.481 e. The number of aromatic nitrogens is 2. The lowest BCUT2D eigenvalue weighted by atomic mass is 10.1. The van der Waals surface area contributed by atoms with Crippen LogP contribution in [-0.4, -0.2) is 27.6 Å². The first-order valence-corrected chi connectivity index (χ1v) is 6.23. The lowest BCUT2D eigenvalue weighted by Crippen LogP contribution is -2.03. The van der Waals surface area contributed by atoms with Gasteiger partial charge in [0.2, 0.25) is 6.79 Å². The normalized spacial score (nSPS) is 12.7. The second-order valence-corrected chi connectivity index (χ2v) is 4.67. The first-order chi connectivity index (χ1) is 9.56. The molecule has 0 aliphatic carbocycles. The fraction of sp³-hybridized carbons (Fsp3) is 0.286. The van der Waals surface area contributed by atoms with Gasteiger partial charge in [0.05, 0.1) is 17.8 Å². The Morgan fingerprint density at radius 3 is 2.85 bits per heavy atom. The molecule has 3 rings (SSSR count). The minimum atomic E-state index is -0.860. The molecule has 0 fully saturated rings. The van der Waals surface area contributed by atoms with Gasteiger partial charge in [-0.15, -0.1) is 0 Å². The maximum Gasteiger partial charge on any atom is 0.307 e. The summed E-state index contributed by atoms with van der Waals surface area (Å²) in [6.45, 7) is 3.90. The van der Waals surface area contributed by atoms with Crippen molar-refractivity contribution in [3.63, 3.8) is 0 Å². The maximum atomic E-state index is 10.9. The summed E-state index contributed by atoms with van der Waals surface area (Å²) in [5.74, 6) is 0.525. The van der Waals surface area contributed by atoms with Gasteiger partial charge >= 0.3 is 5.97 Å². The van der Waals surface area contributed by atoms with E-state index in [1.54, 1.807) is 4.68 Å². The van der Waals surface area contributed by atoms with Gasteiger partial charge in [0, 0.05) is 17.3 Å². The number of hydrogen-bond donors (Lipinski definition) is 1. The summed E-state index contributed by atoms with van der Waals surface area (Å²) in [5, 5.41) is 13.4. The molecule has 0 spiro atoms. The second-order valence-electron chi connectivity index (χ2n) is 4.67. The highest BCUT2D eigenvalue weighted by molar-refractivity contribution is 5.71. The fourth-order valence-corrected chi connectivity index (χ4v) is 2.35. The van der Waals surface area contributed by atoms with Crippen LogP contribution >= 0.6 is 0 Å². The second kappa shape index (κ2) is 4.56. The third-order valence-corrected chi connectivity index (χ3v) is 3.37. The Bertz CT molecular complexity index is 691. The molecule has 0 unspecified atom stereocenters. The molecule has 0 bridgehead atoms. The predicted molar refractivity (Wildman–Crippen MR) is 70.5 cm³/mol. The number of fused-ring (bicyclic) bond motifs is 1. The van der Waals surface area contributed by atoms with Crippen molar-refractivity contribution in [2.24, 2.45) is 0 Å². The monoisotopic (exact) mass is 274 g/mol. The Hall–Kier alpha value is -2.50. The van der Waals surface area contributed by atoms with E-state index in [0.29, 0.717) is 11.5 Å². The Kier molecular flexibility index (Phi) is 2.85. The highest BCUT2D eigenvalue weighted by Gasteiger charge is 2.18. The van der Waals surface area contributed by atoms with Crippen molar-refractivity contribution < 1.29 is 19.4 Å². The van der Waals surface area contributed by atoms with Gasteiger partial charge in [-0.25, -0.2) is 4.68 Å². The van der Waals surface area contributed by atoms with Crippen molar-refractivity contribution >= 4 is 5.97 Å². The molecule has 2 aromatic rings. The number of carbonyl (C=O) groups is 1. The number of rotatable bonds is 3. The number of hydrogen-bond acceptors (Lipinski definition) is 4. The van der Waals surface area contributed by atoms with Gasteiger partial charge in [-0.05, 0) is 26.0 Å². The molecule has 20 heavy (non-hydrogen) atoms. The maximum absolute atomic E-state index is 10.9. The molecular weight excluding hydrogens is 260 g/mol. The molecule has 1 N–H and O–H groups in total. The summed E-state index contributed by atoms with van der Waals surface area (Å²) in [7, 11) is 0. The average Bonchev–Trinajstić information content (AvgIpc) is 2.97. The zero-order valence-corrected chi connectivity index (χ0v) is 11.2. The fourth-order valence-electron chi connectivity index (χ4n) is 2.35. The van der Waals surface area contributed by atoms with Gasteiger partial charge in [-0.1, -0.05) is 0 Å². The summed E-state index contributed by atoms with van der Waals surface area (Å²) in [6, 6.07) is 5.54. The summed E-state index contributed by atoms with van der Waals surface area (Å²) in [4.78, 5) is 10.9. The summed E-state index contributed by atoms with van der Waals surface area (Å²) in [6.07, 6.45) is -0.0256. The van der Waals surface area contributed by atoms with Crippen molar-refractivity contribution in [1.29, 1.82) is 0 Å². The van der Waals surface area contributed by atoms with Crippen LogP contribution in [0.2, 0.25) is 0 Å². The lowest BCUT2D eigenvalue weighted by molar-refractivity contribution is -0.136. The van der Waals surface area contributed by atoms with E-state index in [2.05, 4.69) is 5.10 Å². The van der Waals surface area contributed by atoms with E-state index < -0.39 is 5.97 Å². The number of carboxylic acids is 1. The van der Waals surface area contributed by atoms with Gasteiger partial charge in [-0.2, -0.15) is 5.10 Å². The molecule has 104 valence electrons. The molecule has 1 aromatic carbocycles. The van der Waals surface area contributed by atoms with E-state index in [4.69, 9.17) is 14.6 Å². The van der Waals surface area contributed by atoms with Crippen molar-refractivity contribution in [3.8, 4) is 17.2 Å². The number of aryl methyl sites for hydroxylation is 1. The van der Waals surface area contributed by atoms with Crippen molar-refractivity contribution in [1.82, 2.24) is 9.78 Å². The average molecular weight is 274 g/mol. The van der Waals surface area contributed by atoms with Crippen LogP contribution in [0.25, 0.3) is 5.69 Å². The molecule has 2 heterocycles. The minimum absolute atomic E-state index is 0.0256. The number of benzene rings is 1. The van der Waals surface area contributed by atoms with Crippen LogP contribution in [0.3, 0.4) is 0 Å². The van der Waals surface area contributed by atoms with Crippen LogP contribution in [0.5, 0.6) is 11.5 Å². The molecule has 1 aromatic heterocycles. The minimum Gasteiger partial charge on any atom is -0.481 e. The Morgan fingerprint density at radius 2 is 2.10 bits per heavy atom. The molecule has 0 saturated carbocycles. The van der Waals surface area contributed by atoms with Gasteiger partial charge in [0.1, 0.15) is 0 Å². The first-order valence-electron chi connectivity index (χ1n) is 6.23. The standard InChI is InChI=1S/C14H14N2O4/c1-8-11(6-14(17)18)9(2)16(15-8)10-3-4-12-13(5-10)20-7-19-12/h3-5H,6-7H2,1-2H3,(H,17,18). The van der Waals surface area contributed by atoms with E-state index in [-0.39, 0.29) is 13.2 Å². The molecular formula is C14H14N2O4. The van der Waals surface area contributed by atoms with E-state index >= 15 is 0 Å². The quantitative estimate of drug-likeness (QED) is 0.924. The molecule has 0 saturated heterocycles. The third-order valence-electron chi connectivity index (χ3n) is 3.37. The van der Waals surface area contributed by atoms with E-state index in [1.807, 2.05) is 32.0 Å². The van der Waals surface area contributed by atoms with Crippen LogP contribution in [0, 0.1) is 13.8 Å². The summed E-state index contributed by atoms with van der Waals surface area (Å²) in [5.41, 5.74) is 3.12. The van der Waals surface area contributed by atoms with Crippen molar-refractivity contribution in [2.45, 2.75) is 20.3 Å². The van der Waals surface area contributed by atoms with Crippen LogP contribution in [-0.2, 0) is 11.2 Å². The van der Waals surface area contributed by atoms with Crippen LogP contribution in [0.1, 0.15) is 17.0 Å². The van der Waals surface area contributed by atoms with E-state index in [1.165, 1.54) is 0 Å². The molecule has 1 aliphatic rings. The Labute approximate surface area is 115 Å². The molecule has 6 nitrogen and oxygen atoms in total. The van der Waals surface area contributed by atoms with Gasteiger partial charge in [0.25, 0.3) is 0 Å². The van der Waals surface area contributed by atoms with Gasteiger partial charge in [0.15, 0.2) is 11.5 Å². The Balaban J connectivity index is 2.04. The molecule has 6 heteroatoms. The molecule has 0 radical (unpaired) electrons. The van der Waals surface area contributed by atoms with Crippen LogP contribution in [0.15, 0.2) is 18.2 Å². The molecule has 1 aliphatic heterocycles. The SMILES string of the molecule is Cc1nn(-c2ccc3c(c2)OCO3)c(C)c1CC(=O)O. The van der Waals surface area contributed by atoms with Crippen LogP contribution < -0.4 is 9.47 Å². The third kappa shape index (κ3) is 1.99. The number of nitrogens with zero attached hydrogens (tertiary/aromatic N) is 2. The van der Waals surface area contributed by atoms with Crippen molar-refractivity contribution in [2.75, 3.05) is 6.79 Å². The number of carboxylic acid groups (broad SMARTS) is 1. The molecule has 0 amide bonds. The van der Waals surface area contributed by atoms with E-state index in [9.17, 15) is 4.79 Å². The Morgan fingerprint density at radius 1 is 1.35 bits per heavy atom. The smallest absolute Gasteiger partial charge is 0.307 e. The number of aliphatic carboxylic acids is 1. The van der Waals surface area contributed by atoms with Crippen LogP contribution in [0.4, 0.5) is 0 Å². The predicted octanol–water partition coefficient (Wildman–Crippen LogP) is 1.84. The highest BCUT2D eigenvalue weighted by atomic mass is 16.7. The number of ether oxygens (including phenoxy) is 2. The van der Waals surface area contributed by atoms with Gasteiger partial charge in [-0.3, -0.25) is 4.79 Å². The topological polar surface area (TPSA) is 73.6 Å². The highest BCUT2D eigenvalue weighted by Crippen LogP contribution is 2.34. The zero-order valence-electron chi connectivity index (χ0n) is 11.2. The van der Waals surface area contributed by atoms with Gasteiger partial charge < -0.3 is 14.6 Å². The van der Waals surface area contributed by atoms with Crippen molar-refractivity contribution in [3.05, 3.63) is 35.2 Å². The summed E-state index contributed by atoms with van der Waals surface area (Å²) < 4.78 is 12.3.